The molecule has 0 aromatic carbocycles. The molecule has 1 aliphatic rings. The molecular formula is C12H16ClNOS. The molecule has 1 aromatic rings. The Labute approximate surface area is 105 Å². The number of nitrogens with two attached hydrogens (primary N) is 1. The molecule has 1 heterocycles. The van der Waals surface area contributed by atoms with Crippen molar-refractivity contribution in [2.24, 2.45) is 5.73 Å². The van der Waals surface area contributed by atoms with Gasteiger partial charge >= 0.3 is 0 Å². The minimum atomic E-state index is -0.272. The van der Waals surface area contributed by atoms with E-state index in [1.54, 1.807) is 12.1 Å². The third-order valence-corrected chi connectivity index (χ3v) is 4.48. The van der Waals surface area contributed by atoms with Gasteiger partial charge in [0.2, 0.25) is 0 Å². The van der Waals surface area contributed by atoms with Crippen LogP contribution in [0.15, 0.2) is 12.1 Å². The number of Topliss-reactive ketones (excluding diaryl/α,β-unsaturated/α-hetero) is 1. The maximum atomic E-state index is 12.0. The van der Waals surface area contributed by atoms with Gasteiger partial charge < -0.3 is 5.73 Å². The van der Waals surface area contributed by atoms with Gasteiger partial charge in [-0.1, -0.05) is 30.9 Å². The number of hydrogen-bond acceptors (Lipinski definition) is 3. The van der Waals surface area contributed by atoms with E-state index >= 15 is 0 Å². The summed E-state index contributed by atoms with van der Waals surface area (Å²) in [6, 6.07) is 3.56. The third kappa shape index (κ3) is 2.84. The van der Waals surface area contributed by atoms with Crippen LogP contribution in [-0.4, -0.2) is 11.3 Å². The standard InChI is InChI=1S/C12H16ClNOS/c13-11-5-4-10(16-11)9(15)8-12(14)6-2-1-3-7-12/h4-5H,1-3,6-8,14H2. The van der Waals surface area contributed by atoms with Crippen LogP contribution in [0.1, 0.15) is 48.2 Å². The van der Waals surface area contributed by atoms with Gasteiger partial charge in [-0.15, -0.1) is 11.3 Å². The lowest BCUT2D eigenvalue weighted by Gasteiger charge is -2.32. The quantitative estimate of drug-likeness (QED) is 0.841. The summed E-state index contributed by atoms with van der Waals surface area (Å²) in [6.45, 7) is 0. The summed E-state index contributed by atoms with van der Waals surface area (Å²) < 4.78 is 0.665. The number of carbonyl (C=O) groups is 1. The predicted octanol–water partition coefficient (Wildman–Crippen LogP) is 3.64. The molecule has 4 heteroatoms. The van der Waals surface area contributed by atoms with E-state index < -0.39 is 0 Å². The fourth-order valence-corrected chi connectivity index (χ4v) is 3.28. The first-order valence-corrected chi connectivity index (χ1v) is 6.86. The second kappa shape index (κ2) is 4.86. The highest BCUT2D eigenvalue weighted by Gasteiger charge is 2.30. The Kier molecular flexibility index (Phi) is 3.67. The molecular weight excluding hydrogens is 242 g/mol. The first-order chi connectivity index (χ1) is 7.59. The number of carbonyl (C=O) groups excluding carboxylic acids is 1. The molecule has 2 nitrogen and oxygen atoms in total. The van der Waals surface area contributed by atoms with Gasteiger partial charge in [-0.3, -0.25) is 4.79 Å². The summed E-state index contributed by atoms with van der Waals surface area (Å²) in [4.78, 5) is 12.7. The minimum Gasteiger partial charge on any atom is -0.325 e. The van der Waals surface area contributed by atoms with E-state index in [9.17, 15) is 4.79 Å². The van der Waals surface area contributed by atoms with Gasteiger partial charge in [-0.25, -0.2) is 0 Å². The zero-order valence-corrected chi connectivity index (χ0v) is 10.7. The van der Waals surface area contributed by atoms with Crippen LogP contribution in [0.4, 0.5) is 0 Å². The van der Waals surface area contributed by atoms with Crippen LogP contribution in [0, 0.1) is 0 Å². The number of hydrogen-bond donors (Lipinski definition) is 1. The summed E-state index contributed by atoms with van der Waals surface area (Å²) in [5.41, 5.74) is 5.98. The summed E-state index contributed by atoms with van der Waals surface area (Å²) in [7, 11) is 0. The molecule has 1 saturated carbocycles. The lowest BCUT2D eigenvalue weighted by atomic mass is 9.79. The van der Waals surface area contributed by atoms with Crippen LogP contribution in [0.3, 0.4) is 0 Å². The van der Waals surface area contributed by atoms with Crippen molar-refractivity contribution < 1.29 is 4.79 Å². The van der Waals surface area contributed by atoms with Gasteiger partial charge in [0.25, 0.3) is 0 Å². The lowest BCUT2D eigenvalue weighted by Crippen LogP contribution is -2.43. The molecule has 0 bridgehead atoms. The number of rotatable bonds is 3. The van der Waals surface area contributed by atoms with Crippen molar-refractivity contribution in [3.8, 4) is 0 Å². The smallest absolute Gasteiger partial charge is 0.174 e. The van der Waals surface area contributed by atoms with E-state index in [4.69, 9.17) is 17.3 Å². The van der Waals surface area contributed by atoms with Crippen LogP contribution in [0.2, 0.25) is 4.34 Å². The molecule has 0 saturated heterocycles. The highest BCUT2D eigenvalue weighted by molar-refractivity contribution is 7.18. The second-order valence-corrected chi connectivity index (χ2v) is 6.34. The van der Waals surface area contributed by atoms with E-state index in [1.807, 2.05) is 0 Å². The van der Waals surface area contributed by atoms with E-state index in [0.29, 0.717) is 10.8 Å². The fourth-order valence-electron chi connectivity index (χ4n) is 2.30. The normalized spacial score (nSPS) is 19.6. The Hall–Kier alpha value is -0.380. The zero-order chi connectivity index (χ0) is 11.6. The molecule has 88 valence electrons. The second-order valence-electron chi connectivity index (χ2n) is 4.63. The maximum absolute atomic E-state index is 12.0. The summed E-state index contributed by atoms with van der Waals surface area (Å²) >= 11 is 7.16. The van der Waals surface area contributed by atoms with Gasteiger partial charge in [0.15, 0.2) is 5.78 Å². The summed E-state index contributed by atoms with van der Waals surface area (Å²) in [6.07, 6.45) is 5.95. The van der Waals surface area contributed by atoms with E-state index in [2.05, 4.69) is 0 Å². The topological polar surface area (TPSA) is 43.1 Å². The largest absolute Gasteiger partial charge is 0.325 e. The van der Waals surface area contributed by atoms with Crippen molar-refractivity contribution >= 4 is 28.7 Å². The highest BCUT2D eigenvalue weighted by atomic mass is 35.5. The number of halogens is 1. The molecule has 1 aliphatic carbocycles. The minimum absolute atomic E-state index is 0.140. The average Bonchev–Trinajstić information content (AvgIpc) is 2.65. The molecule has 0 radical (unpaired) electrons. The van der Waals surface area contributed by atoms with Crippen LogP contribution < -0.4 is 5.73 Å². The summed E-state index contributed by atoms with van der Waals surface area (Å²) in [5, 5.41) is 0. The Morgan fingerprint density at radius 2 is 2.06 bits per heavy atom. The molecule has 2 N–H and O–H groups in total. The van der Waals surface area contributed by atoms with Crippen molar-refractivity contribution in [2.45, 2.75) is 44.1 Å². The van der Waals surface area contributed by atoms with Crippen LogP contribution >= 0.6 is 22.9 Å². The molecule has 0 unspecified atom stereocenters. The zero-order valence-electron chi connectivity index (χ0n) is 9.17. The van der Waals surface area contributed by atoms with Crippen molar-refractivity contribution in [1.29, 1.82) is 0 Å². The maximum Gasteiger partial charge on any atom is 0.174 e. The SMILES string of the molecule is NC1(CC(=O)c2ccc(Cl)s2)CCCCC1. The van der Waals surface area contributed by atoms with Crippen LogP contribution in [0.25, 0.3) is 0 Å². The monoisotopic (exact) mass is 257 g/mol. The third-order valence-electron chi connectivity index (χ3n) is 3.21. The molecule has 16 heavy (non-hydrogen) atoms. The lowest BCUT2D eigenvalue weighted by molar-refractivity contribution is 0.0938. The van der Waals surface area contributed by atoms with E-state index in [0.717, 1.165) is 30.6 Å². The molecule has 1 fully saturated rings. The van der Waals surface area contributed by atoms with Crippen LogP contribution in [0.5, 0.6) is 0 Å². The van der Waals surface area contributed by atoms with Crippen molar-refractivity contribution in [1.82, 2.24) is 0 Å². The van der Waals surface area contributed by atoms with Gasteiger partial charge in [-0.05, 0) is 25.0 Å². The Bertz CT molecular complexity index is 382. The predicted molar refractivity (Wildman–Crippen MR) is 68.3 cm³/mol. The summed E-state index contributed by atoms with van der Waals surface area (Å²) in [5.74, 6) is 0.140. The molecule has 0 atom stereocenters. The van der Waals surface area contributed by atoms with Gasteiger partial charge in [0.1, 0.15) is 0 Å². The van der Waals surface area contributed by atoms with Crippen molar-refractivity contribution in [3.63, 3.8) is 0 Å². The first-order valence-electron chi connectivity index (χ1n) is 5.66. The van der Waals surface area contributed by atoms with Gasteiger partial charge in [-0.2, -0.15) is 0 Å². The molecule has 2 rings (SSSR count). The Morgan fingerprint density at radius 1 is 1.38 bits per heavy atom. The van der Waals surface area contributed by atoms with Gasteiger partial charge in [0, 0.05) is 12.0 Å². The average molecular weight is 258 g/mol. The van der Waals surface area contributed by atoms with E-state index in [1.165, 1.54) is 17.8 Å². The Morgan fingerprint density at radius 3 is 2.62 bits per heavy atom. The fraction of sp³-hybridized carbons (Fsp3) is 0.583. The van der Waals surface area contributed by atoms with Crippen LogP contribution in [-0.2, 0) is 0 Å². The highest BCUT2D eigenvalue weighted by Crippen LogP contribution is 2.31. The Balaban J connectivity index is 2.01. The first kappa shape index (κ1) is 12.1. The molecule has 0 spiro atoms. The molecule has 0 aliphatic heterocycles. The van der Waals surface area contributed by atoms with Gasteiger partial charge in [0.05, 0.1) is 9.21 Å². The van der Waals surface area contributed by atoms with Crippen molar-refractivity contribution in [2.75, 3.05) is 0 Å². The number of ketones is 1. The number of thiophene rings is 1. The van der Waals surface area contributed by atoms with E-state index in [-0.39, 0.29) is 11.3 Å². The molecule has 0 amide bonds. The van der Waals surface area contributed by atoms with Crippen molar-refractivity contribution in [3.05, 3.63) is 21.3 Å². The molecule has 1 aromatic heterocycles.